The molecule has 3 nitrogen and oxygen atoms in total. The normalized spacial score (nSPS) is 20.5. The van der Waals surface area contributed by atoms with E-state index in [4.69, 9.17) is 10.5 Å². The Kier molecular flexibility index (Phi) is 3.33. The average Bonchev–Trinajstić information content (AvgIpc) is 2.44. The maximum atomic E-state index is 6.26. The van der Waals surface area contributed by atoms with E-state index in [-0.39, 0.29) is 11.6 Å². The third kappa shape index (κ3) is 2.01. The predicted molar refractivity (Wildman–Crippen MR) is 66.9 cm³/mol. The quantitative estimate of drug-likeness (QED) is 0.877. The number of ether oxygens (including phenoxy) is 1. The molecule has 2 rings (SSSR count). The average molecular weight is 240 g/mol. The Morgan fingerprint density at radius 3 is 2.56 bits per heavy atom. The van der Waals surface area contributed by atoms with Crippen molar-refractivity contribution in [3.05, 3.63) is 15.6 Å². The minimum absolute atomic E-state index is 0.0759. The Labute approximate surface area is 101 Å². The van der Waals surface area contributed by atoms with Gasteiger partial charge >= 0.3 is 0 Å². The van der Waals surface area contributed by atoms with Crippen molar-refractivity contribution in [2.75, 3.05) is 7.11 Å². The summed E-state index contributed by atoms with van der Waals surface area (Å²) in [5.74, 6) is 0. The number of aryl methyl sites for hydroxylation is 2. The van der Waals surface area contributed by atoms with E-state index in [1.54, 1.807) is 18.4 Å². The van der Waals surface area contributed by atoms with E-state index < -0.39 is 0 Å². The topological polar surface area (TPSA) is 48.1 Å². The molecule has 1 aliphatic carbocycles. The van der Waals surface area contributed by atoms with Crippen molar-refractivity contribution in [3.63, 3.8) is 0 Å². The smallest absolute Gasteiger partial charge is 0.0947 e. The van der Waals surface area contributed by atoms with Gasteiger partial charge in [-0.3, -0.25) is 0 Å². The Morgan fingerprint density at radius 2 is 2.19 bits per heavy atom. The van der Waals surface area contributed by atoms with Crippen LogP contribution in [-0.4, -0.2) is 23.7 Å². The molecular weight excluding hydrogens is 220 g/mol. The van der Waals surface area contributed by atoms with Crippen LogP contribution in [0.5, 0.6) is 0 Å². The zero-order valence-corrected chi connectivity index (χ0v) is 11.1. The fourth-order valence-electron chi connectivity index (χ4n) is 2.25. The summed E-state index contributed by atoms with van der Waals surface area (Å²) < 4.78 is 5.60. The number of thiazole rings is 1. The van der Waals surface area contributed by atoms with E-state index in [2.05, 4.69) is 18.8 Å². The van der Waals surface area contributed by atoms with Crippen LogP contribution in [0.2, 0.25) is 0 Å². The Hall–Kier alpha value is -0.450. The summed E-state index contributed by atoms with van der Waals surface area (Å²) in [4.78, 5) is 5.83. The van der Waals surface area contributed by atoms with E-state index in [0.29, 0.717) is 0 Å². The highest BCUT2D eigenvalue weighted by Crippen LogP contribution is 2.38. The third-order valence-electron chi connectivity index (χ3n) is 3.75. The summed E-state index contributed by atoms with van der Waals surface area (Å²) >= 11 is 1.76. The summed E-state index contributed by atoms with van der Waals surface area (Å²) in [6.07, 6.45) is 4.26. The van der Waals surface area contributed by atoms with Crippen molar-refractivity contribution in [2.24, 2.45) is 5.73 Å². The fourth-order valence-corrected chi connectivity index (χ4v) is 3.24. The van der Waals surface area contributed by atoms with Crippen LogP contribution in [-0.2, 0) is 11.2 Å². The molecule has 90 valence electrons. The van der Waals surface area contributed by atoms with Crippen LogP contribution in [0, 0.1) is 13.8 Å². The maximum absolute atomic E-state index is 6.26. The number of hydrogen-bond donors (Lipinski definition) is 1. The molecule has 0 spiro atoms. The lowest BCUT2D eigenvalue weighted by molar-refractivity contribution is -0.0897. The van der Waals surface area contributed by atoms with Gasteiger partial charge in [0.25, 0.3) is 0 Å². The number of methoxy groups -OCH3 is 1. The molecule has 1 aromatic heterocycles. The van der Waals surface area contributed by atoms with Crippen LogP contribution in [0.1, 0.15) is 34.8 Å². The van der Waals surface area contributed by atoms with E-state index >= 15 is 0 Å². The molecule has 4 heteroatoms. The summed E-state index contributed by atoms with van der Waals surface area (Å²) in [7, 11) is 1.78. The lowest BCUT2D eigenvalue weighted by atomic mass is 9.74. The van der Waals surface area contributed by atoms with E-state index in [1.807, 2.05) is 0 Å². The van der Waals surface area contributed by atoms with Crippen molar-refractivity contribution in [1.82, 2.24) is 4.98 Å². The van der Waals surface area contributed by atoms with Crippen LogP contribution < -0.4 is 5.73 Å². The van der Waals surface area contributed by atoms with Gasteiger partial charge in [0, 0.05) is 24.4 Å². The minimum atomic E-state index is -0.0759. The molecule has 1 aliphatic rings. The zero-order valence-electron chi connectivity index (χ0n) is 10.2. The molecule has 0 amide bonds. The molecule has 1 atom stereocenters. The molecule has 1 saturated carbocycles. The third-order valence-corrected chi connectivity index (χ3v) is 4.84. The number of rotatable bonds is 4. The maximum Gasteiger partial charge on any atom is 0.0947 e. The van der Waals surface area contributed by atoms with Gasteiger partial charge in [0.1, 0.15) is 0 Å². The van der Waals surface area contributed by atoms with Crippen molar-refractivity contribution < 1.29 is 4.74 Å². The number of nitrogens with two attached hydrogens (primary N) is 1. The molecule has 1 heterocycles. The van der Waals surface area contributed by atoms with Crippen molar-refractivity contribution in [1.29, 1.82) is 0 Å². The monoisotopic (exact) mass is 240 g/mol. The molecule has 1 aromatic rings. The van der Waals surface area contributed by atoms with Gasteiger partial charge < -0.3 is 10.5 Å². The number of nitrogens with zero attached hydrogens (tertiary/aromatic N) is 1. The standard InChI is InChI=1S/C12H20N2OS/c1-8-9(2)16-11(14-8)7-10(13)12(15-3)5-4-6-12/h10H,4-7,13H2,1-3H3. The van der Waals surface area contributed by atoms with Gasteiger partial charge in [0.2, 0.25) is 0 Å². The Bertz CT molecular complexity index is 346. The van der Waals surface area contributed by atoms with Crippen LogP contribution in [0.25, 0.3) is 0 Å². The Balaban J connectivity index is 2.04. The second kappa shape index (κ2) is 4.43. The van der Waals surface area contributed by atoms with E-state index in [0.717, 1.165) is 30.0 Å². The van der Waals surface area contributed by atoms with Crippen molar-refractivity contribution >= 4 is 11.3 Å². The summed E-state index contributed by atoms with van der Waals surface area (Å²) in [6.45, 7) is 4.16. The first kappa shape index (κ1) is 12.0. The van der Waals surface area contributed by atoms with Gasteiger partial charge in [-0.05, 0) is 33.1 Å². The first-order valence-electron chi connectivity index (χ1n) is 5.81. The van der Waals surface area contributed by atoms with Crippen LogP contribution >= 0.6 is 11.3 Å². The molecule has 0 aliphatic heterocycles. The molecule has 1 fully saturated rings. The molecule has 0 bridgehead atoms. The van der Waals surface area contributed by atoms with E-state index in [9.17, 15) is 0 Å². The van der Waals surface area contributed by atoms with Crippen LogP contribution in [0.4, 0.5) is 0 Å². The van der Waals surface area contributed by atoms with Gasteiger partial charge in [0.15, 0.2) is 0 Å². The van der Waals surface area contributed by atoms with Crippen molar-refractivity contribution in [3.8, 4) is 0 Å². The molecule has 16 heavy (non-hydrogen) atoms. The first-order chi connectivity index (χ1) is 7.57. The highest BCUT2D eigenvalue weighted by Gasteiger charge is 2.42. The van der Waals surface area contributed by atoms with Crippen LogP contribution in [0.15, 0.2) is 0 Å². The van der Waals surface area contributed by atoms with Gasteiger partial charge in [-0.25, -0.2) is 4.98 Å². The molecular formula is C12H20N2OS. The van der Waals surface area contributed by atoms with Crippen LogP contribution in [0.3, 0.4) is 0 Å². The molecule has 0 saturated heterocycles. The molecule has 0 aromatic carbocycles. The molecule has 0 radical (unpaired) electrons. The summed E-state index contributed by atoms with van der Waals surface area (Å²) in [6, 6.07) is 0.0798. The largest absolute Gasteiger partial charge is 0.377 e. The van der Waals surface area contributed by atoms with Gasteiger partial charge in [-0.2, -0.15) is 0 Å². The molecule has 2 N–H and O–H groups in total. The second-order valence-corrected chi connectivity index (χ2v) is 5.97. The predicted octanol–water partition coefficient (Wildman–Crippen LogP) is 2.20. The zero-order chi connectivity index (χ0) is 11.8. The van der Waals surface area contributed by atoms with Gasteiger partial charge in [-0.15, -0.1) is 11.3 Å². The first-order valence-corrected chi connectivity index (χ1v) is 6.63. The lowest BCUT2D eigenvalue weighted by Gasteiger charge is -2.44. The summed E-state index contributed by atoms with van der Waals surface area (Å²) in [5, 5.41) is 1.14. The Morgan fingerprint density at radius 1 is 1.50 bits per heavy atom. The second-order valence-electron chi connectivity index (χ2n) is 4.68. The number of aromatic nitrogens is 1. The van der Waals surface area contributed by atoms with Gasteiger partial charge in [0.05, 0.1) is 16.3 Å². The van der Waals surface area contributed by atoms with Crippen molar-refractivity contribution in [2.45, 2.75) is 51.2 Å². The lowest BCUT2D eigenvalue weighted by Crippen LogP contribution is -2.55. The summed E-state index contributed by atoms with van der Waals surface area (Å²) in [5.41, 5.74) is 7.31. The SMILES string of the molecule is COC1(C(N)Cc2nc(C)c(C)s2)CCC1. The number of hydrogen-bond acceptors (Lipinski definition) is 4. The van der Waals surface area contributed by atoms with Gasteiger partial charge in [-0.1, -0.05) is 0 Å². The fraction of sp³-hybridized carbons (Fsp3) is 0.750. The minimum Gasteiger partial charge on any atom is -0.377 e. The molecule has 1 unspecified atom stereocenters. The highest BCUT2D eigenvalue weighted by molar-refractivity contribution is 7.11. The highest BCUT2D eigenvalue weighted by atomic mass is 32.1. The van der Waals surface area contributed by atoms with E-state index in [1.165, 1.54) is 11.3 Å².